The summed E-state index contributed by atoms with van der Waals surface area (Å²) in [6.45, 7) is 3.54. The zero-order chi connectivity index (χ0) is 17.6. The van der Waals surface area contributed by atoms with Crippen LogP contribution in [0.4, 0.5) is 14.9 Å². The molecule has 2 aromatic rings. The van der Waals surface area contributed by atoms with Gasteiger partial charge in [0.15, 0.2) is 0 Å². The van der Waals surface area contributed by atoms with Crippen LogP contribution in [0.5, 0.6) is 0 Å². The minimum absolute atomic E-state index is 0.156. The van der Waals surface area contributed by atoms with Crippen molar-refractivity contribution in [1.29, 1.82) is 5.26 Å². The smallest absolute Gasteiger partial charge is 0.321 e. The fourth-order valence-corrected chi connectivity index (χ4v) is 2.83. The molecule has 5 nitrogen and oxygen atoms in total. The predicted molar refractivity (Wildman–Crippen MR) is 93.4 cm³/mol. The van der Waals surface area contributed by atoms with Crippen molar-refractivity contribution in [2.75, 3.05) is 31.5 Å². The van der Waals surface area contributed by atoms with Crippen LogP contribution in [-0.4, -0.2) is 42.0 Å². The number of urea groups is 1. The summed E-state index contributed by atoms with van der Waals surface area (Å²) in [5.41, 5.74) is 2.20. The molecule has 1 heterocycles. The number of halogens is 1. The van der Waals surface area contributed by atoms with Gasteiger partial charge in [-0.2, -0.15) is 5.26 Å². The summed E-state index contributed by atoms with van der Waals surface area (Å²) in [6.07, 6.45) is 0. The Morgan fingerprint density at radius 1 is 1.12 bits per heavy atom. The molecule has 0 unspecified atom stereocenters. The molecule has 0 saturated carbocycles. The van der Waals surface area contributed by atoms with E-state index in [1.807, 2.05) is 0 Å². The largest absolute Gasteiger partial charge is 0.322 e. The Kier molecular flexibility index (Phi) is 5.26. The van der Waals surface area contributed by atoms with Gasteiger partial charge in [-0.1, -0.05) is 18.2 Å². The first-order valence-electron chi connectivity index (χ1n) is 8.17. The van der Waals surface area contributed by atoms with E-state index in [4.69, 9.17) is 5.26 Å². The average Bonchev–Trinajstić information content (AvgIpc) is 2.64. The minimum Gasteiger partial charge on any atom is -0.322 e. The van der Waals surface area contributed by atoms with Gasteiger partial charge >= 0.3 is 6.03 Å². The highest BCUT2D eigenvalue weighted by atomic mass is 19.1. The summed E-state index contributed by atoms with van der Waals surface area (Å²) in [7, 11) is 0. The van der Waals surface area contributed by atoms with Crippen LogP contribution in [0, 0.1) is 17.1 Å². The Bertz CT molecular complexity index is 777. The first-order chi connectivity index (χ1) is 12.1. The Morgan fingerprint density at radius 3 is 2.52 bits per heavy atom. The molecule has 1 aliphatic heterocycles. The predicted octanol–water partition coefficient (Wildman–Crippen LogP) is 3.05. The van der Waals surface area contributed by atoms with E-state index in [9.17, 15) is 9.18 Å². The van der Waals surface area contributed by atoms with Crippen LogP contribution in [0.1, 0.15) is 11.1 Å². The van der Waals surface area contributed by atoms with Crippen molar-refractivity contribution in [2.45, 2.75) is 6.54 Å². The van der Waals surface area contributed by atoms with Gasteiger partial charge in [0.2, 0.25) is 0 Å². The third-order valence-corrected chi connectivity index (χ3v) is 4.22. The van der Waals surface area contributed by atoms with E-state index in [1.54, 1.807) is 41.3 Å². The van der Waals surface area contributed by atoms with E-state index in [0.717, 1.165) is 25.2 Å². The molecule has 128 valence electrons. The van der Waals surface area contributed by atoms with Crippen molar-refractivity contribution in [3.63, 3.8) is 0 Å². The highest BCUT2D eigenvalue weighted by Crippen LogP contribution is 2.13. The number of hydrogen-bond donors (Lipinski definition) is 1. The van der Waals surface area contributed by atoms with E-state index < -0.39 is 0 Å². The van der Waals surface area contributed by atoms with E-state index in [1.165, 1.54) is 12.1 Å². The number of hydrogen-bond acceptors (Lipinski definition) is 3. The van der Waals surface area contributed by atoms with Crippen molar-refractivity contribution in [1.82, 2.24) is 9.80 Å². The topological polar surface area (TPSA) is 59.4 Å². The number of nitrogens with one attached hydrogen (secondary N) is 1. The van der Waals surface area contributed by atoms with Crippen LogP contribution >= 0.6 is 0 Å². The molecule has 25 heavy (non-hydrogen) atoms. The van der Waals surface area contributed by atoms with Crippen LogP contribution < -0.4 is 5.32 Å². The fraction of sp³-hybridized carbons (Fsp3) is 0.263. The second-order valence-corrected chi connectivity index (χ2v) is 6.01. The van der Waals surface area contributed by atoms with Crippen LogP contribution in [0.2, 0.25) is 0 Å². The highest BCUT2D eigenvalue weighted by Gasteiger charge is 2.21. The maximum absolute atomic E-state index is 12.9. The third kappa shape index (κ3) is 4.55. The van der Waals surface area contributed by atoms with Crippen molar-refractivity contribution >= 4 is 11.7 Å². The average molecular weight is 338 g/mol. The Morgan fingerprint density at radius 2 is 1.84 bits per heavy atom. The maximum Gasteiger partial charge on any atom is 0.321 e. The summed E-state index contributed by atoms with van der Waals surface area (Å²) in [4.78, 5) is 16.3. The zero-order valence-corrected chi connectivity index (χ0v) is 13.8. The van der Waals surface area contributed by atoms with Gasteiger partial charge in [-0.3, -0.25) is 4.90 Å². The SMILES string of the molecule is N#Cc1cccc(NC(=O)N2CCN(Cc3ccc(F)cc3)CC2)c1. The van der Waals surface area contributed by atoms with Gasteiger partial charge in [0.25, 0.3) is 0 Å². The zero-order valence-electron chi connectivity index (χ0n) is 13.8. The Hall–Kier alpha value is -2.91. The number of piperazine rings is 1. The van der Waals surface area contributed by atoms with Crippen LogP contribution in [0.15, 0.2) is 48.5 Å². The fourth-order valence-electron chi connectivity index (χ4n) is 2.83. The van der Waals surface area contributed by atoms with Gasteiger partial charge in [0, 0.05) is 38.4 Å². The molecule has 1 fully saturated rings. The molecule has 2 aromatic carbocycles. The number of carbonyl (C=O) groups is 1. The number of rotatable bonds is 3. The van der Waals surface area contributed by atoms with Crippen LogP contribution in [-0.2, 0) is 6.54 Å². The van der Waals surface area contributed by atoms with E-state index in [0.29, 0.717) is 24.3 Å². The summed E-state index contributed by atoms with van der Waals surface area (Å²) in [5, 5.41) is 11.7. The number of carbonyl (C=O) groups excluding carboxylic acids is 1. The third-order valence-electron chi connectivity index (χ3n) is 4.22. The number of nitriles is 1. The minimum atomic E-state index is -0.231. The molecule has 1 N–H and O–H groups in total. The van der Waals surface area contributed by atoms with E-state index >= 15 is 0 Å². The number of nitrogens with zero attached hydrogens (tertiary/aromatic N) is 3. The molecule has 3 rings (SSSR count). The van der Waals surface area contributed by atoms with Crippen LogP contribution in [0.25, 0.3) is 0 Å². The molecule has 0 spiro atoms. The summed E-state index contributed by atoms with van der Waals surface area (Å²) < 4.78 is 12.9. The molecule has 0 radical (unpaired) electrons. The van der Waals surface area contributed by atoms with Crippen molar-refractivity contribution < 1.29 is 9.18 Å². The van der Waals surface area contributed by atoms with E-state index in [2.05, 4.69) is 16.3 Å². The monoisotopic (exact) mass is 338 g/mol. The molecule has 2 amide bonds. The van der Waals surface area contributed by atoms with Gasteiger partial charge < -0.3 is 10.2 Å². The van der Waals surface area contributed by atoms with Crippen molar-refractivity contribution in [3.8, 4) is 6.07 Å². The lowest BCUT2D eigenvalue weighted by molar-refractivity contribution is 0.143. The lowest BCUT2D eigenvalue weighted by atomic mass is 10.2. The lowest BCUT2D eigenvalue weighted by Gasteiger charge is -2.34. The van der Waals surface area contributed by atoms with Gasteiger partial charge in [-0.15, -0.1) is 0 Å². The summed E-state index contributed by atoms with van der Waals surface area (Å²) in [5.74, 6) is -0.231. The molecular weight excluding hydrogens is 319 g/mol. The molecule has 0 aliphatic carbocycles. The number of anilines is 1. The lowest BCUT2D eigenvalue weighted by Crippen LogP contribution is -2.49. The number of benzene rings is 2. The van der Waals surface area contributed by atoms with Gasteiger partial charge in [0.1, 0.15) is 5.82 Å². The second-order valence-electron chi connectivity index (χ2n) is 6.01. The van der Waals surface area contributed by atoms with Crippen LogP contribution in [0.3, 0.4) is 0 Å². The second kappa shape index (κ2) is 7.77. The molecule has 6 heteroatoms. The van der Waals surface area contributed by atoms with Gasteiger partial charge in [-0.25, -0.2) is 9.18 Å². The number of amides is 2. The normalized spacial score (nSPS) is 14.8. The summed E-state index contributed by atoms with van der Waals surface area (Å²) in [6, 6.07) is 15.3. The first kappa shape index (κ1) is 16.9. The molecular formula is C19H19FN4O. The molecule has 0 bridgehead atoms. The first-order valence-corrected chi connectivity index (χ1v) is 8.17. The van der Waals surface area contributed by atoms with Gasteiger partial charge in [-0.05, 0) is 35.9 Å². The Balaban J connectivity index is 1.50. The quantitative estimate of drug-likeness (QED) is 0.936. The molecule has 1 saturated heterocycles. The molecule has 0 atom stereocenters. The Labute approximate surface area is 146 Å². The van der Waals surface area contributed by atoms with E-state index in [-0.39, 0.29) is 11.8 Å². The standard InChI is InChI=1S/C19H19FN4O/c20-17-6-4-15(5-7-17)14-23-8-10-24(11-9-23)19(25)22-18-3-1-2-16(12-18)13-21/h1-7,12H,8-11,14H2,(H,22,25). The summed E-state index contributed by atoms with van der Waals surface area (Å²) >= 11 is 0. The molecule has 0 aromatic heterocycles. The van der Waals surface area contributed by atoms with Gasteiger partial charge in [0.05, 0.1) is 11.6 Å². The van der Waals surface area contributed by atoms with Crippen molar-refractivity contribution in [3.05, 3.63) is 65.5 Å². The maximum atomic E-state index is 12.9. The van der Waals surface area contributed by atoms with Crippen molar-refractivity contribution in [2.24, 2.45) is 0 Å². The highest BCUT2D eigenvalue weighted by molar-refractivity contribution is 5.89. The molecule has 1 aliphatic rings.